The highest BCUT2D eigenvalue weighted by atomic mass is 32.1. The molecule has 1 amide bonds. The standard InChI is InChI=1S/C19H19FN4OS/c20-15-8-2-1-7-14(15)19-24-13-16(26-19)18(25)23-12-6-5-11-22-17-9-3-4-10-21-17/h1-4,7-10,13H,5-6,11-12H2,(H,21,22)(H,23,25). The van der Waals surface area contributed by atoms with Crippen LogP contribution in [-0.4, -0.2) is 29.0 Å². The highest BCUT2D eigenvalue weighted by Crippen LogP contribution is 2.27. The predicted octanol–water partition coefficient (Wildman–Crippen LogP) is 3.97. The zero-order valence-electron chi connectivity index (χ0n) is 14.1. The summed E-state index contributed by atoms with van der Waals surface area (Å²) >= 11 is 1.19. The van der Waals surface area contributed by atoms with Gasteiger partial charge in [-0.05, 0) is 37.1 Å². The summed E-state index contributed by atoms with van der Waals surface area (Å²) in [6, 6.07) is 12.1. The molecule has 2 N–H and O–H groups in total. The fraction of sp³-hybridized carbons (Fsp3) is 0.211. The van der Waals surface area contributed by atoms with Gasteiger partial charge in [0.15, 0.2) is 0 Å². The van der Waals surface area contributed by atoms with Crippen LogP contribution in [0.1, 0.15) is 22.5 Å². The molecule has 0 fully saturated rings. The molecule has 0 spiro atoms. The van der Waals surface area contributed by atoms with Crippen molar-refractivity contribution in [2.45, 2.75) is 12.8 Å². The number of rotatable bonds is 8. The summed E-state index contributed by atoms with van der Waals surface area (Å²) < 4.78 is 13.8. The second kappa shape index (κ2) is 9.05. The molecule has 0 bridgehead atoms. The number of pyridine rings is 1. The molecule has 0 saturated heterocycles. The van der Waals surface area contributed by atoms with Crippen LogP contribution in [0.4, 0.5) is 10.2 Å². The average molecular weight is 370 g/mol. The Kier molecular flexibility index (Phi) is 6.27. The van der Waals surface area contributed by atoms with Gasteiger partial charge in [0.2, 0.25) is 0 Å². The molecule has 26 heavy (non-hydrogen) atoms. The van der Waals surface area contributed by atoms with Crippen LogP contribution in [0.15, 0.2) is 54.9 Å². The van der Waals surface area contributed by atoms with Crippen LogP contribution in [-0.2, 0) is 0 Å². The van der Waals surface area contributed by atoms with Crippen LogP contribution < -0.4 is 10.6 Å². The second-order valence-corrected chi connectivity index (χ2v) is 6.64. The predicted molar refractivity (Wildman–Crippen MR) is 102 cm³/mol. The quantitative estimate of drug-likeness (QED) is 0.589. The number of carbonyl (C=O) groups is 1. The fourth-order valence-electron chi connectivity index (χ4n) is 2.36. The average Bonchev–Trinajstić information content (AvgIpc) is 3.15. The lowest BCUT2D eigenvalue weighted by molar-refractivity contribution is 0.0957. The molecule has 3 aromatic rings. The van der Waals surface area contributed by atoms with E-state index in [4.69, 9.17) is 0 Å². The van der Waals surface area contributed by atoms with Crippen LogP contribution in [0.5, 0.6) is 0 Å². The summed E-state index contributed by atoms with van der Waals surface area (Å²) in [5, 5.41) is 6.60. The van der Waals surface area contributed by atoms with E-state index in [-0.39, 0.29) is 11.7 Å². The number of nitrogens with one attached hydrogen (secondary N) is 2. The maximum absolute atomic E-state index is 13.8. The van der Waals surface area contributed by atoms with Gasteiger partial charge in [0.05, 0.1) is 6.20 Å². The molecule has 0 aliphatic carbocycles. The number of unbranched alkanes of at least 4 members (excludes halogenated alkanes) is 1. The summed E-state index contributed by atoms with van der Waals surface area (Å²) in [5.74, 6) is 0.332. The Bertz CT molecular complexity index is 854. The molecule has 2 aromatic heterocycles. The van der Waals surface area contributed by atoms with E-state index in [9.17, 15) is 9.18 Å². The van der Waals surface area contributed by atoms with Gasteiger partial charge in [0, 0.05) is 24.8 Å². The third-order valence-electron chi connectivity index (χ3n) is 3.69. The van der Waals surface area contributed by atoms with Gasteiger partial charge >= 0.3 is 0 Å². The molecule has 134 valence electrons. The third kappa shape index (κ3) is 4.86. The number of halogens is 1. The lowest BCUT2D eigenvalue weighted by Gasteiger charge is -2.05. The molecule has 2 heterocycles. The SMILES string of the molecule is O=C(NCCCCNc1ccccn1)c1cnc(-c2ccccc2F)s1. The van der Waals surface area contributed by atoms with Gasteiger partial charge in [-0.15, -0.1) is 11.3 Å². The van der Waals surface area contributed by atoms with Crippen molar-refractivity contribution in [2.24, 2.45) is 0 Å². The number of nitrogens with zero attached hydrogens (tertiary/aromatic N) is 2. The number of anilines is 1. The number of hydrogen-bond donors (Lipinski definition) is 2. The first-order valence-electron chi connectivity index (χ1n) is 8.38. The number of benzene rings is 1. The Balaban J connectivity index is 1.41. The Hall–Kier alpha value is -2.80. The second-order valence-electron chi connectivity index (χ2n) is 5.61. The fourth-order valence-corrected chi connectivity index (χ4v) is 3.22. The minimum Gasteiger partial charge on any atom is -0.370 e. The Morgan fingerprint density at radius 1 is 1.04 bits per heavy atom. The molecule has 0 aliphatic rings. The number of thiazole rings is 1. The molecular weight excluding hydrogens is 351 g/mol. The van der Waals surface area contributed by atoms with E-state index in [1.54, 1.807) is 24.4 Å². The molecule has 0 atom stereocenters. The normalized spacial score (nSPS) is 10.5. The van der Waals surface area contributed by atoms with Crippen molar-refractivity contribution in [3.8, 4) is 10.6 Å². The van der Waals surface area contributed by atoms with E-state index in [2.05, 4.69) is 20.6 Å². The highest BCUT2D eigenvalue weighted by Gasteiger charge is 2.13. The Morgan fingerprint density at radius 3 is 2.65 bits per heavy atom. The van der Waals surface area contributed by atoms with Crippen molar-refractivity contribution >= 4 is 23.1 Å². The monoisotopic (exact) mass is 370 g/mol. The van der Waals surface area contributed by atoms with Gasteiger partial charge in [-0.3, -0.25) is 4.79 Å². The van der Waals surface area contributed by atoms with Gasteiger partial charge in [0.1, 0.15) is 21.5 Å². The molecule has 0 unspecified atom stereocenters. The van der Waals surface area contributed by atoms with Crippen LogP contribution in [0.3, 0.4) is 0 Å². The van der Waals surface area contributed by atoms with E-state index >= 15 is 0 Å². The topological polar surface area (TPSA) is 66.9 Å². The summed E-state index contributed by atoms with van der Waals surface area (Å²) in [6.45, 7) is 1.38. The van der Waals surface area contributed by atoms with E-state index in [0.717, 1.165) is 25.2 Å². The van der Waals surface area contributed by atoms with Crippen LogP contribution in [0.25, 0.3) is 10.6 Å². The summed E-state index contributed by atoms with van der Waals surface area (Å²) in [7, 11) is 0. The summed E-state index contributed by atoms with van der Waals surface area (Å²) in [4.78, 5) is 21.0. The van der Waals surface area contributed by atoms with Gasteiger partial charge in [-0.1, -0.05) is 18.2 Å². The number of aromatic nitrogens is 2. The Morgan fingerprint density at radius 2 is 1.85 bits per heavy atom. The van der Waals surface area contributed by atoms with Crippen molar-refractivity contribution < 1.29 is 9.18 Å². The number of hydrogen-bond acceptors (Lipinski definition) is 5. The van der Waals surface area contributed by atoms with E-state index in [0.29, 0.717) is 22.0 Å². The summed E-state index contributed by atoms with van der Waals surface area (Å²) in [6.07, 6.45) is 5.00. The van der Waals surface area contributed by atoms with Crippen LogP contribution in [0, 0.1) is 5.82 Å². The zero-order chi connectivity index (χ0) is 18.2. The molecule has 0 saturated carbocycles. The van der Waals surface area contributed by atoms with E-state index in [1.165, 1.54) is 23.6 Å². The smallest absolute Gasteiger partial charge is 0.263 e. The van der Waals surface area contributed by atoms with Crippen LogP contribution in [0.2, 0.25) is 0 Å². The molecular formula is C19H19FN4OS. The Labute approximate surface area is 155 Å². The minimum absolute atomic E-state index is 0.178. The van der Waals surface area contributed by atoms with Gasteiger partial charge in [-0.25, -0.2) is 14.4 Å². The largest absolute Gasteiger partial charge is 0.370 e. The highest BCUT2D eigenvalue weighted by molar-refractivity contribution is 7.16. The van der Waals surface area contributed by atoms with E-state index in [1.807, 2.05) is 18.2 Å². The summed E-state index contributed by atoms with van der Waals surface area (Å²) in [5.41, 5.74) is 0.414. The number of carbonyl (C=O) groups excluding carboxylic acids is 1. The molecule has 5 nitrogen and oxygen atoms in total. The first-order chi connectivity index (χ1) is 12.7. The molecule has 3 rings (SSSR count). The van der Waals surface area contributed by atoms with Crippen LogP contribution >= 0.6 is 11.3 Å². The first-order valence-corrected chi connectivity index (χ1v) is 9.19. The van der Waals surface area contributed by atoms with Crippen molar-refractivity contribution in [3.05, 3.63) is 65.6 Å². The van der Waals surface area contributed by atoms with Crippen molar-refractivity contribution in [2.75, 3.05) is 18.4 Å². The molecule has 0 aliphatic heterocycles. The first kappa shape index (κ1) is 18.0. The van der Waals surface area contributed by atoms with Crippen molar-refractivity contribution in [3.63, 3.8) is 0 Å². The molecule has 1 aromatic carbocycles. The minimum atomic E-state index is -0.339. The van der Waals surface area contributed by atoms with Gasteiger partial charge in [-0.2, -0.15) is 0 Å². The maximum Gasteiger partial charge on any atom is 0.263 e. The molecule has 7 heteroatoms. The van der Waals surface area contributed by atoms with Crippen molar-refractivity contribution in [1.29, 1.82) is 0 Å². The maximum atomic E-state index is 13.8. The van der Waals surface area contributed by atoms with Gasteiger partial charge in [0.25, 0.3) is 5.91 Å². The lowest BCUT2D eigenvalue weighted by atomic mass is 10.2. The molecule has 0 radical (unpaired) electrons. The van der Waals surface area contributed by atoms with Crippen molar-refractivity contribution in [1.82, 2.24) is 15.3 Å². The van der Waals surface area contributed by atoms with Gasteiger partial charge < -0.3 is 10.6 Å². The number of amides is 1. The zero-order valence-corrected chi connectivity index (χ0v) is 14.9. The third-order valence-corrected chi connectivity index (χ3v) is 4.72. The lowest BCUT2D eigenvalue weighted by Crippen LogP contribution is -2.24. The van der Waals surface area contributed by atoms with E-state index < -0.39 is 0 Å².